The van der Waals surface area contributed by atoms with Crippen molar-refractivity contribution >= 4 is 5.78 Å². The van der Waals surface area contributed by atoms with Gasteiger partial charge in [-0.2, -0.15) is 0 Å². The molecule has 0 saturated carbocycles. The molecule has 0 spiro atoms. The van der Waals surface area contributed by atoms with E-state index in [2.05, 4.69) is 12.7 Å². The van der Waals surface area contributed by atoms with Crippen molar-refractivity contribution in [3.8, 4) is 17.2 Å². The van der Waals surface area contributed by atoms with Crippen molar-refractivity contribution in [3.63, 3.8) is 0 Å². The van der Waals surface area contributed by atoms with Crippen LogP contribution in [0.5, 0.6) is 17.2 Å². The molecule has 4 atom stereocenters. The van der Waals surface area contributed by atoms with Crippen LogP contribution in [0, 0.1) is 11.8 Å². The average Bonchev–Trinajstić information content (AvgIpc) is 2.71. The second-order valence-electron chi connectivity index (χ2n) is 8.85. The number of methoxy groups -OCH3 is 1. The van der Waals surface area contributed by atoms with E-state index in [0.29, 0.717) is 23.3 Å². The number of fused-ring (bicyclic) bond motifs is 1. The summed E-state index contributed by atoms with van der Waals surface area (Å²) in [5.41, 5.74) is 3.00. The second kappa shape index (κ2) is 9.65. The van der Waals surface area contributed by atoms with E-state index in [9.17, 15) is 20.1 Å². The van der Waals surface area contributed by atoms with Gasteiger partial charge in [0.2, 0.25) is 0 Å². The summed E-state index contributed by atoms with van der Waals surface area (Å²) in [7, 11) is 1.45. The van der Waals surface area contributed by atoms with Gasteiger partial charge in [0.05, 0.1) is 13.2 Å². The SMILES string of the molecule is C=C(C)C(CC=C(C)C)Cc1c(O)cc(OC)c2c1O[C@H](C1C=CC(O)=CC1O)CC2=O. The number of hydrogen-bond acceptors (Lipinski definition) is 6. The number of aliphatic hydroxyl groups excluding tert-OH is 2. The lowest BCUT2D eigenvalue weighted by atomic mass is 9.83. The number of carbonyl (C=O) groups is 1. The van der Waals surface area contributed by atoms with Gasteiger partial charge in [-0.3, -0.25) is 4.79 Å². The smallest absolute Gasteiger partial charge is 0.174 e. The van der Waals surface area contributed by atoms with Crippen molar-refractivity contribution in [2.75, 3.05) is 7.11 Å². The van der Waals surface area contributed by atoms with Crippen LogP contribution in [0.3, 0.4) is 0 Å². The number of hydrogen-bond donors (Lipinski definition) is 3. The highest BCUT2D eigenvalue weighted by molar-refractivity contribution is 6.03. The lowest BCUT2D eigenvalue weighted by Crippen LogP contribution is -2.39. The lowest BCUT2D eigenvalue weighted by Gasteiger charge is -2.35. The Kier molecular flexibility index (Phi) is 7.14. The molecule has 6 nitrogen and oxygen atoms in total. The monoisotopic (exact) mass is 440 g/mol. The standard InChI is InChI=1S/C26H32O6/c1-14(2)6-7-16(15(3)4)10-19-21(29)12-24(31-5)25-22(30)13-23(32-26(19)25)18-9-8-17(27)11-20(18)28/h6,8-9,11-12,16,18,20,23,27-29H,3,7,10,13H2,1-2,4-5H3/t16?,18?,20?,23-/m0/s1. The zero-order valence-electron chi connectivity index (χ0n) is 19.1. The van der Waals surface area contributed by atoms with Crippen molar-refractivity contribution in [2.24, 2.45) is 11.8 Å². The maximum atomic E-state index is 13.1. The number of carbonyl (C=O) groups excluding carboxylic acids is 1. The van der Waals surface area contributed by atoms with E-state index in [0.717, 1.165) is 12.0 Å². The lowest BCUT2D eigenvalue weighted by molar-refractivity contribution is 0.0513. The minimum atomic E-state index is -0.983. The van der Waals surface area contributed by atoms with Crippen molar-refractivity contribution in [2.45, 2.75) is 52.2 Å². The predicted molar refractivity (Wildman–Crippen MR) is 123 cm³/mol. The molecule has 3 N–H and O–H groups in total. The molecule has 1 aromatic rings. The summed E-state index contributed by atoms with van der Waals surface area (Å²) in [6.07, 6.45) is 6.22. The molecule has 0 saturated heterocycles. The third-order valence-corrected chi connectivity index (χ3v) is 6.09. The Hall–Kier alpha value is -2.99. The van der Waals surface area contributed by atoms with E-state index < -0.39 is 18.1 Å². The van der Waals surface area contributed by atoms with Gasteiger partial charge < -0.3 is 24.8 Å². The number of rotatable bonds is 7. The van der Waals surface area contributed by atoms with Crippen LogP contribution in [-0.4, -0.2) is 40.4 Å². The number of aliphatic hydroxyl groups is 2. The van der Waals surface area contributed by atoms with Crippen LogP contribution in [0.1, 0.15) is 49.5 Å². The molecule has 172 valence electrons. The third kappa shape index (κ3) is 4.91. The normalized spacial score (nSPS) is 23.0. The summed E-state index contributed by atoms with van der Waals surface area (Å²) in [6, 6.07) is 1.46. The number of benzene rings is 1. The summed E-state index contributed by atoms with van der Waals surface area (Å²) in [4.78, 5) is 13.1. The molecule has 32 heavy (non-hydrogen) atoms. The molecular weight excluding hydrogens is 408 g/mol. The van der Waals surface area contributed by atoms with Gasteiger partial charge in [-0.1, -0.05) is 29.9 Å². The van der Waals surface area contributed by atoms with E-state index in [4.69, 9.17) is 9.47 Å². The molecular formula is C26H32O6. The van der Waals surface area contributed by atoms with Gasteiger partial charge >= 0.3 is 0 Å². The number of ether oxygens (including phenoxy) is 2. The van der Waals surface area contributed by atoms with Crippen molar-refractivity contribution in [1.29, 1.82) is 0 Å². The number of Topliss-reactive ketones (excluding diaryl/α,β-unsaturated/α-hetero) is 1. The maximum Gasteiger partial charge on any atom is 0.174 e. The average molecular weight is 441 g/mol. The van der Waals surface area contributed by atoms with Gasteiger partial charge in [0.25, 0.3) is 0 Å². The van der Waals surface area contributed by atoms with Crippen LogP contribution in [0.2, 0.25) is 0 Å². The summed E-state index contributed by atoms with van der Waals surface area (Å²) >= 11 is 0. The van der Waals surface area contributed by atoms with Crippen LogP contribution in [0.4, 0.5) is 0 Å². The largest absolute Gasteiger partial charge is 0.508 e. The molecule has 6 heteroatoms. The van der Waals surface area contributed by atoms with E-state index in [1.165, 1.54) is 30.9 Å². The molecule has 0 fully saturated rings. The molecule has 1 aliphatic carbocycles. The molecule has 3 unspecified atom stereocenters. The van der Waals surface area contributed by atoms with Gasteiger partial charge in [0, 0.05) is 24.0 Å². The Balaban J connectivity index is 2.03. The molecule has 0 amide bonds. The third-order valence-electron chi connectivity index (χ3n) is 6.09. The molecule has 1 heterocycles. The van der Waals surface area contributed by atoms with Crippen molar-refractivity contribution < 1.29 is 29.6 Å². The minimum absolute atomic E-state index is 0.00484. The van der Waals surface area contributed by atoms with Gasteiger partial charge in [0.15, 0.2) is 5.78 Å². The van der Waals surface area contributed by atoms with Crippen molar-refractivity contribution in [3.05, 3.63) is 65.0 Å². The zero-order chi connectivity index (χ0) is 23.6. The van der Waals surface area contributed by atoms with E-state index in [-0.39, 0.29) is 35.4 Å². The van der Waals surface area contributed by atoms with Crippen LogP contribution in [0.25, 0.3) is 0 Å². The molecule has 3 rings (SSSR count). The Morgan fingerprint density at radius 2 is 2.06 bits per heavy atom. The van der Waals surface area contributed by atoms with Crippen LogP contribution < -0.4 is 9.47 Å². The fourth-order valence-electron chi connectivity index (χ4n) is 4.20. The molecule has 0 bridgehead atoms. The summed E-state index contributed by atoms with van der Waals surface area (Å²) in [5, 5.41) is 30.9. The number of aromatic hydroxyl groups is 1. The Bertz CT molecular complexity index is 996. The van der Waals surface area contributed by atoms with E-state index >= 15 is 0 Å². The first-order valence-corrected chi connectivity index (χ1v) is 10.8. The quantitative estimate of drug-likeness (QED) is 0.527. The molecule has 1 aromatic carbocycles. The highest BCUT2D eigenvalue weighted by Gasteiger charge is 2.39. The van der Waals surface area contributed by atoms with E-state index in [1.54, 1.807) is 6.08 Å². The maximum absolute atomic E-state index is 13.1. The number of phenols is 1. The first-order chi connectivity index (χ1) is 15.1. The van der Waals surface area contributed by atoms with Gasteiger partial charge in [-0.05, 0) is 51.7 Å². The fraction of sp³-hybridized carbons (Fsp3) is 0.423. The Morgan fingerprint density at radius 1 is 1.34 bits per heavy atom. The number of ketones is 1. The zero-order valence-corrected chi connectivity index (χ0v) is 19.1. The first-order valence-electron chi connectivity index (χ1n) is 10.8. The van der Waals surface area contributed by atoms with Gasteiger partial charge in [-0.15, -0.1) is 0 Å². The molecule has 2 aliphatic rings. The first kappa shape index (κ1) is 23.7. The van der Waals surface area contributed by atoms with E-state index in [1.807, 2.05) is 20.8 Å². The topological polar surface area (TPSA) is 96.2 Å². The van der Waals surface area contributed by atoms with Crippen LogP contribution in [-0.2, 0) is 6.42 Å². The summed E-state index contributed by atoms with van der Waals surface area (Å²) < 4.78 is 11.7. The van der Waals surface area contributed by atoms with Gasteiger partial charge in [0.1, 0.15) is 34.7 Å². The van der Waals surface area contributed by atoms with Crippen LogP contribution >= 0.6 is 0 Å². The van der Waals surface area contributed by atoms with Gasteiger partial charge in [-0.25, -0.2) is 0 Å². The number of allylic oxidation sites excluding steroid dienone is 4. The number of phenolic OH excluding ortho intramolecular Hbond substituents is 1. The highest BCUT2D eigenvalue weighted by atomic mass is 16.5. The summed E-state index contributed by atoms with van der Waals surface area (Å²) in [5.74, 6) is -0.108. The van der Waals surface area contributed by atoms with Crippen molar-refractivity contribution in [1.82, 2.24) is 0 Å². The second-order valence-corrected chi connectivity index (χ2v) is 8.85. The molecule has 0 aromatic heterocycles. The predicted octanol–water partition coefficient (Wildman–Crippen LogP) is 4.81. The van der Waals surface area contributed by atoms with Crippen LogP contribution in [0.15, 0.2) is 53.9 Å². The highest BCUT2D eigenvalue weighted by Crippen LogP contribution is 2.45. The summed E-state index contributed by atoms with van der Waals surface area (Å²) in [6.45, 7) is 10.1. The Labute approximate surface area is 189 Å². The molecule has 0 radical (unpaired) electrons. The Morgan fingerprint density at radius 3 is 2.66 bits per heavy atom. The minimum Gasteiger partial charge on any atom is -0.508 e. The molecule has 1 aliphatic heterocycles. The fourth-order valence-corrected chi connectivity index (χ4v) is 4.20.